The van der Waals surface area contributed by atoms with Crippen LogP contribution in [0.5, 0.6) is 0 Å². The molecule has 0 atom stereocenters. The minimum absolute atomic E-state index is 0.735. The van der Waals surface area contributed by atoms with E-state index in [2.05, 4.69) is 231 Å². The van der Waals surface area contributed by atoms with Crippen molar-refractivity contribution in [3.63, 3.8) is 0 Å². The molecule has 0 saturated heterocycles. The highest BCUT2D eigenvalue weighted by Gasteiger charge is 2.16. The highest BCUT2D eigenvalue weighted by molar-refractivity contribution is 6.14. The van der Waals surface area contributed by atoms with Gasteiger partial charge in [0.05, 0.1) is 11.4 Å². The molecule has 9 rings (SSSR count). The van der Waals surface area contributed by atoms with Gasteiger partial charge >= 0.3 is 0 Å². The van der Waals surface area contributed by atoms with Crippen molar-refractivity contribution in [1.82, 2.24) is 0 Å². The summed E-state index contributed by atoms with van der Waals surface area (Å²) in [5.41, 5.74) is 24.5. The number of nitrogens with zero attached hydrogens (tertiary/aromatic N) is 1. The molecule has 0 radical (unpaired) electrons. The van der Waals surface area contributed by atoms with Crippen molar-refractivity contribution in [3.8, 4) is 33.4 Å². The summed E-state index contributed by atoms with van der Waals surface area (Å²) in [7, 11) is 0. The van der Waals surface area contributed by atoms with Crippen molar-refractivity contribution < 1.29 is 0 Å². The fourth-order valence-electron chi connectivity index (χ4n) is 8.52. The molecule has 0 bridgehead atoms. The zero-order valence-electron chi connectivity index (χ0n) is 42.4. The van der Waals surface area contributed by atoms with Gasteiger partial charge in [0.1, 0.15) is 0 Å². The van der Waals surface area contributed by atoms with Gasteiger partial charge in [-0.2, -0.15) is 0 Å². The van der Waals surface area contributed by atoms with Crippen molar-refractivity contribution in [2.24, 2.45) is 4.99 Å². The first-order valence-corrected chi connectivity index (χ1v) is 24.4. The molecule has 346 valence electrons. The monoisotopic (exact) mass is 900 g/mol. The molecule has 8 aromatic carbocycles. The molecule has 0 aliphatic heterocycles. The first-order valence-electron chi connectivity index (χ1n) is 24.4. The first-order chi connectivity index (χ1) is 33.5. The van der Waals surface area contributed by atoms with Gasteiger partial charge in [0, 0.05) is 11.1 Å². The van der Waals surface area contributed by atoms with Gasteiger partial charge in [-0.1, -0.05) is 232 Å². The van der Waals surface area contributed by atoms with Crippen LogP contribution in [-0.2, 0) is 0 Å². The van der Waals surface area contributed by atoms with Crippen LogP contribution in [0.25, 0.3) is 50.2 Å². The quantitative estimate of drug-likeness (QED) is 0.128. The van der Waals surface area contributed by atoms with E-state index >= 15 is 0 Å². The summed E-state index contributed by atoms with van der Waals surface area (Å²) in [5.74, 6) is 0. The number of hydrogen-bond acceptors (Lipinski definition) is 1. The van der Waals surface area contributed by atoms with Gasteiger partial charge < -0.3 is 0 Å². The normalized spacial score (nSPS) is 12.1. The zero-order valence-corrected chi connectivity index (χ0v) is 42.4. The number of allylic oxidation sites excluding steroid dienone is 6. The minimum atomic E-state index is 0.735. The lowest BCUT2D eigenvalue weighted by Crippen LogP contribution is -1.99. The van der Waals surface area contributed by atoms with Crippen LogP contribution in [0.1, 0.15) is 90.6 Å². The maximum absolute atomic E-state index is 5.05. The van der Waals surface area contributed by atoms with E-state index in [1.807, 2.05) is 56.3 Å². The Labute approximate surface area is 414 Å². The van der Waals surface area contributed by atoms with Crippen LogP contribution >= 0.6 is 0 Å². The highest BCUT2D eigenvalue weighted by Crippen LogP contribution is 2.38. The lowest BCUT2D eigenvalue weighted by Gasteiger charge is -2.20. The Kier molecular flexibility index (Phi) is 18.8. The van der Waals surface area contributed by atoms with Crippen molar-refractivity contribution in [1.29, 1.82) is 0 Å². The second-order valence-corrected chi connectivity index (χ2v) is 17.5. The molecule has 0 N–H and O–H groups in total. The van der Waals surface area contributed by atoms with Gasteiger partial charge in [0.25, 0.3) is 0 Å². The predicted octanol–water partition coefficient (Wildman–Crippen LogP) is 19.3. The molecule has 0 fully saturated rings. The number of hydrogen-bond donors (Lipinski definition) is 0. The average Bonchev–Trinajstić information content (AvgIpc) is 3.39. The summed E-state index contributed by atoms with van der Waals surface area (Å²) in [6.45, 7) is 23.5. The number of benzene rings is 8. The molecule has 0 amide bonds. The van der Waals surface area contributed by atoms with Crippen LogP contribution in [0, 0.1) is 34.6 Å². The number of rotatable bonds is 9. The summed E-state index contributed by atoms with van der Waals surface area (Å²) in [6, 6.07) is 70.3. The SMILES string of the molecule is C=C(N=C(/C=C(\C)c1ccccc1)c1ccccc1)c1cccc(-c2ccc(C)c(-c3ccccc3C)c2)c1.CC.CC1=C(c2c(C)cccc2-c2ccc(C)cc2)CCC=C1.Cc1ccccc1. The van der Waals surface area contributed by atoms with E-state index in [-0.39, 0.29) is 0 Å². The molecule has 69 heavy (non-hydrogen) atoms. The van der Waals surface area contributed by atoms with Gasteiger partial charge in [-0.25, -0.2) is 4.99 Å². The van der Waals surface area contributed by atoms with Crippen LogP contribution in [0.2, 0.25) is 0 Å². The average molecular weight is 900 g/mol. The van der Waals surface area contributed by atoms with E-state index < -0.39 is 0 Å². The third-order valence-electron chi connectivity index (χ3n) is 12.4. The zero-order chi connectivity index (χ0) is 49.1. The second kappa shape index (κ2) is 25.5. The smallest absolute Gasteiger partial charge is 0.0712 e. The molecule has 1 nitrogen and oxygen atoms in total. The molecule has 0 aromatic heterocycles. The molecule has 0 saturated carbocycles. The molecule has 0 unspecified atom stereocenters. The Morgan fingerprint density at radius 1 is 0.464 bits per heavy atom. The summed E-state index contributed by atoms with van der Waals surface area (Å²) in [4.78, 5) is 5.05. The fraction of sp³-hybridized carbons (Fsp3) is 0.162. The maximum atomic E-state index is 5.05. The minimum Gasteiger partial charge on any atom is -0.248 e. The van der Waals surface area contributed by atoms with Crippen molar-refractivity contribution in [3.05, 3.63) is 281 Å². The number of aliphatic imine (C=N–C) groups is 1. The van der Waals surface area contributed by atoms with Crippen molar-refractivity contribution in [2.45, 2.75) is 75.2 Å². The lowest BCUT2D eigenvalue weighted by molar-refractivity contribution is 1.03. The van der Waals surface area contributed by atoms with E-state index in [4.69, 9.17) is 4.99 Å². The van der Waals surface area contributed by atoms with Gasteiger partial charge in [-0.15, -0.1) is 0 Å². The molecule has 0 spiro atoms. The molecule has 1 aliphatic rings. The van der Waals surface area contributed by atoms with Crippen LogP contribution in [-0.4, -0.2) is 5.71 Å². The van der Waals surface area contributed by atoms with Crippen molar-refractivity contribution >= 4 is 22.6 Å². The first kappa shape index (κ1) is 50.8. The standard InChI is InChI=1S/C38H33N.C21H22.C7H8.C2H6/c1-27-14-11-12-21-36(27)37-26-35(23-22-28(37)2)34-20-13-19-33(25-34)30(4)39-38(32-17-9-6-10-18-32)24-29(3)31-15-7-5-8-16-31;1-15-11-13-18(14-12-15)20-10-6-8-17(3)21(20)19-9-5-4-7-16(19)2;1-7-5-3-2-4-6-7;1-2/h5-26H,4H2,1-3H3;4,6-8,10-14H,5,9H2,1-3H3;2-6H,1H3;1-2H3/b29-24+,39-38?;;;. The molecule has 1 heteroatoms. The maximum Gasteiger partial charge on any atom is 0.0712 e. The van der Waals surface area contributed by atoms with Crippen LogP contribution in [0.3, 0.4) is 0 Å². The Bertz CT molecular complexity index is 3050. The molecular formula is C68H69N. The third-order valence-corrected chi connectivity index (χ3v) is 12.4. The predicted molar refractivity (Wildman–Crippen MR) is 304 cm³/mol. The van der Waals surface area contributed by atoms with Crippen LogP contribution in [0.15, 0.2) is 236 Å². The van der Waals surface area contributed by atoms with Gasteiger partial charge in [-0.05, 0) is 157 Å². The van der Waals surface area contributed by atoms with E-state index in [9.17, 15) is 0 Å². The molecule has 1 aliphatic carbocycles. The van der Waals surface area contributed by atoms with Crippen LogP contribution in [0.4, 0.5) is 0 Å². The van der Waals surface area contributed by atoms with Gasteiger partial charge in [0.2, 0.25) is 0 Å². The summed E-state index contributed by atoms with van der Waals surface area (Å²) >= 11 is 0. The Hall–Kier alpha value is -7.61. The Balaban J connectivity index is 0.000000216. The van der Waals surface area contributed by atoms with Crippen molar-refractivity contribution in [2.75, 3.05) is 0 Å². The highest BCUT2D eigenvalue weighted by atomic mass is 14.8. The third kappa shape index (κ3) is 14.0. The molecular weight excluding hydrogens is 831 g/mol. The Morgan fingerprint density at radius 3 is 1.62 bits per heavy atom. The van der Waals surface area contributed by atoms with E-state index in [0.29, 0.717) is 0 Å². The summed E-state index contributed by atoms with van der Waals surface area (Å²) < 4.78 is 0. The Morgan fingerprint density at radius 2 is 0.986 bits per heavy atom. The molecule has 0 heterocycles. The lowest BCUT2D eigenvalue weighted by atomic mass is 9.85. The van der Waals surface area contributed by atoms with Gasteiger partial charge in [-0.3, -0.25) is 0 Å². The van der Waals surface area contributed by atoms with E-state index in [1.165, 1.54) is 77.9 Å². The summed E-state index contributed by atoms with van der Waals surface area (Å²) in [6.07, 6.45) is 8.99. The number of aryl methyl sites for hydroxylation is 5. The van der Waals surface area contributed by atoms with Gasteiger partial charge in [0.15, 0.2) is 0 Å². The second-order valence-electron chi connectivity index (χ2n) is 17.5. The fourth-order valence-corrected chi connectivity index (χ4v) is 8.52. The summed E-state index contributed by atoms with van der Waals surface area (Å²) in [5, 5.41) is 0. The van der Waals surface area contributed by atoms with E-state index in [1.54, 1.807) is 0 Å². The molecule has 8 aromatic rings. The van der Waals surface area contributed by atoms with Crippen LogP contribution < -0.4 is 0 Å². The topological polar surface area (TPSA) is 12.4 Å². The largest absolute Gasteiger partial charge is 0.248 e. The van der Waals surface area contributed by atoms with E-state index in [0.717, 1.165) is 46.5 Å².